The van der Waals surface area contributed by atoms with Crippen molar-refractivity contribution in [2.24, 2.45) is 0 Å². The number of amides is 1. The molecule has 152 valence electrons. The highest BCUT2D eigenvalue weighted by atomic mass is 32.2. The van der Waals surface area contributed by atoms with Crippen molar-refractivity contribution in [1.29, 1.82) is 0 Å². The van der Waals surface area contributed by atoms with Crippen LogP contribution in [0.5, 0.6) is 5.75 Å². The van der Waals surface area contributed by atoms with Crippen LogP contribution in [0, 0.1) is 5.82 Å². The fourth-order valence-electron chi connectivity index (χ4n) is 2.97. The van der Waals surface area contributed by atoms with E-state index in [1.54, 1.807) is 19.2 Å². The third kappa shape index (κ3) is 5.22. The monoisotopic (exact) mass is 408 g/mol. The normalized spacial score (nSPS) is 13.5. The lowest BCUT2D eigenvalue weighted by molar-refractivity contribution is -0.122. The summed E-state index contributed by atoms with van der Waals surface area (Å²) >= 11 is 0. The van der Waals surface area contributed by atoms with E-state index in [0.717, 1.165) is 22.2 Å². The smallest absolute Gasteiger partial charge is 0.244 e. The molecule has 2 aromatic rings. The van der Waals surface area contributed by atoms with Crippen molar-refractivity contribution in [2.45, 2.75) is 32.4 Å². The number of rotatable bonds is 8. The molecule has 0 radical (unpaired) electrons. The van der Waals surface area contributed by atoms with Gasteiger partial charge in [-0.2, -0.15) is 0 Å². The molecule has 0 aliphatic heterocycles. The fourth-order valence-corrected chi connectivity index (χ4v) is 4.14. The number of nitrogens with one attached hydrogen (secondary N) is 1. The van der Waals surface area contributed by atoms with Crippen LogP contribution in [0.2, 0.25) is 0 Å². The van der Waals surface area contributed by atoms with E-state index in [1.165, 1.54) is 25.1 Å². The molecule has 0 saturated heterocycles. The lowest BCUT2D eigenvalue weighted by Gasteiger charge is -2.29. The first-order valence-electron chi connectivity index (χ1n) is 8.86. The molecule has 6 nitrogen and oxygen atoms in total. The highest BCUT2D eigenvalue weighted by Gasteiger charge is 2.30. The molecule has 0 spiro atoms. The molecular weight excluding hydrogens is 383 g/mol. The Morgan fingerprint density at radius 1 is 1.21 bits per heavy atom. The lowest BCUT2D eigenvalue weighted by atomic mass is 10.0. The molecule has 0 saturated carbocycles. The van der Waals surface area contributed by atoms with Crippen molar-refractivity contribution in [3.05, 3.63) is 59.9 Å². The summed E-state index contributed by atoms with van der Waals surface area (Å²) in [5, 5.41) is 2.88. The fraction of sp³-hybridized carbons (Fsp3) is 0.350. The Morgan fingerprint density at radius 2 is 1.86 bits per heavy atom. The van der Waals surface area contributed by atoms with Gasteiger partial charge in [-0.15, -0.1) is 0 Å². The minimum atomic E-state index is -3.81. The number of hydrogen-bond donors (Lipinski definition) is 1. The Morgan fingerprint density at radius 3 is 2.36 bits per heavy atom. The molecular formula is C20H25FN2O4S. The van der Waals surface area contributed by atoms with Crippen LogP contribution < -0.4 is 14.4 Å². The van der Waals surface area contributed by atoms with Crippen molar-refractivity contribution in [2.75, 3.05) is 17.7 Å². The SMILES string of the molecule is CC[C@@H](NC(=O)[C@H](C)N(c1cccc(F)c1)S(C)(=O)=O)c1ccc(OC)cc1. The van der Waals surface area contributed by atoms with Crippen LogP contribution in [0.25, 0.3) is 0 Å². The number of benzene rings is 2. The van der Waals surface area contributed by atoms with Gasteiger partial charge < -0.3 is 10.1 Å². The van der Waals surface area contributed by atoms with Crippen molar-refractivity contribution < 1.29 is 22.3 Å². The molecule has 2 aromatic carbocycles. The van der Waals surface area contributed by atoms with Crippen LogP contribution in [-0.4, -0.2) is 33.7 Å². The molecule has 0 bridgehead atoms. The van der Waals surface area contributed by atoms with Crippen molar-refractivity contribution in [3.8, 4) is 5.75 Å². The largest absolute Gasteiger partial charge is 0.497 e. The van der Waals surface area contributed by atoms with Gasteiger partial charge in [0.25, 0.3) is 0 Å². The number of ether oxygens (including phenoxy) is 1. The summed E-state index contributed by atoms with van der Waals surface area (Å²) in [6, 6.07) is 11.1. The van der Waals surface area contributed by atoms with Gasteiger partial charge in [-0.05, 0) is 49.2 Å². The summed E-state index contributed by atoms with van der Waals surface area (Å²) in [5.74, 6) is -0.353. The van der Waals surface area contributed by atoms with Gasteiger partial charge >= 0.3 is 0 Å². The Labute approximate surface area is 165 Å². The number of nitrogens with zero attached hydrogens (tertiary/aromatic N) is 1. The molecule has 0 heterocycles. The summed E-state index contributed by atoms with van der Waals surface area (Å²) in [5.41, 5.74) is 0.975. The quantitative estimate of drug-likeness (QED) is 0.728. The zero-order valence-electron chi connectivity index (χ0n) is 16.3. The van der Waals surface area contributed by atoms with Gasteiger partial charge in [0.15, 0.2) is 0 Å². The van der Waals surface area contributed by atoms with Crippen molar-refractivity contribution in [3.63, 3.8) is 0 Å². The second-order valence-electron chi connectivity index (χ2n) is 6.46. The number of sulfonamides is 1. The van der Waals surface area contributed by atoms with Crippen molar-refractivity contribution >= 4 is 21.6 Å². The van der Waals surface area contributed by atoms with E-state index in [1.807, 2.05) is 19.1 Å². The number of carbonyl (C=O) groups is 1. The molecule has 0 fully saturated rings. The van der Waals surface area contributed by atoms with Gasteiger partial charge in [-0.1, -0.05) is 25.1 Å². The average molecular weight is 408 g/mol. The first-order valence-corrected chi connectivity index (χ1v) is 10.7. The maximum atomic E-state index is 13.6. The Balaban J connectivity index is 2.26. The van der Waals surface area contributed by atoms with Crippen LogP contribution in [0.15, 0.2) is 48.5 Å². The van der Waals surface area contributed by atoms with Gasteiger partial charge in [0, 0.05) is 0 Å². The summed E-state index contributed by atoms with van der Waals surface area (Å²) < 4.78 is 44.2. The Kier molecular flexibility index (Phi) is 7.01. The average Bonchev–Trinajstić information content (AvgIpc) is 2.65. The molecule has 28 heavy (non-hydrogen) atoms. The van der Waals surface area contributed by atoms with Crippen LogP contribution in [-0.2, 0) is 14.8 Å². The summed E-state index contributed by atoms with van der Waals surface area (Å²) in [7, 11) is -2.23. The molecule has 0 aliphatic carbocycles. The molecule has 8 heteroatoms. The first kappa shape index (κ1) is 21.7. The number of anilines is 1. The van der Waals surface area contributed by atoms with E-state index in [-0.39, 0.29) is 11.7 Å². The second-order valence-corrected chi connectivity index (χ2v) is 8.32. The van der Waals surface area contributed by atoms with Crippen LogP contribution >= 0.6 is 0 Å². The molecule has 0 unspecified atom stereocenters. The van der Waals surface area contributed by atoms with Gasteiger partial charge in [-0.25, -0.2) is 12.8 Å². The number of halogens is 1. The minimum absolute atomic E-state index is 0.0997. The topological polar surface area (TPSA) is 75.7 Å². The Bertz CT molecular complexity index is 916. The van der Waals surface area contributed by atoms with Gasteiger partial charge in [0.1, 0.15) is 17.6 Å². The van der Waals surface area contributed by atoms with Crippen molar-refractivity contribution in [1.82, 2.24) is 5.32 Å². The number of hydrogen-bond acceptors (Lipinski definition) is 4. The van der Waals surface area contributed by atoms with E-state index in [9.17, 15) is 17.6 Å². The third-order valence-electron chi connectivity index (χ3n) is 4.39. The predicted octanol–water partition coefficient (Wildman–Crippen LogP) is 3.26. The molecule has 1 N–H and O–H groups in total. The van der Waals surface area contributed by atoms with E-state index in [0.29, 0.717) is 12.2 Å². The molecule has 0 aliphatic rings. The van der Waals surface area contributed by atoms with E-state index < -0.39 is 27.8 Å². The highest BCUT2D eigenvalue weighted by Crippen LogP contribution is 2.24. The van der Waals surface area contributed by atoms with Gasteiger partial charge in [0.2, 0.25) is 15.9 Å². The zero-order valence-corrected chi connectivity index (χ0v) is 17.2. The summed E-state index contributed by atoms with van der Waals surface area (Å²) in [6.45, 7) is 3.39. The number of methoxy groups -OCH3 is 1. The molecule has 0 aromatic heterocycles. The maximum absolute atomic E-state index is 13.6. The molecule has 2 atom stereocenters. The summed E-state index contributed by atoms with van der Waals surface area (Å²) in [4.78, 5) is 12.8. The zero-order chi connectivity index (χ0) is 20.9. The van der Waals surface area contributed by atoms with Crippen LogP contribution in [0.1, 0.15) is 31.9 Å². The summed E-state index contributed by atoms with van der Waals surface area (Å²) in [6.07, 6.45) is 1.60. The lowest BCUT2D eigenvalue weighted by Crippen LogP contribution is -2.48. The second kappa shape index (κ2) is 9.05. The van der Waals surface area contributed by atoms with Crippen LogP contribution in [0.4, 0.5) is 10.1 Å². The van der Waals surface area contributed by atoms with E-state index >= 15 is 0 Å². The Hall–Kier alpha value is -2.61. The first-order chi connectivity index (χ1) is 13.2. The van der Waals surface area contributed by atoms with Gasteiger partial charge in [0.05, 0.1) is 25.1 Å². The molecule has 1 amide bonds. The maximum Gasteiger partial charge on any atom is 0.244 e. The molecule has 2 rings (SSSR count). The number of carbonyl (C=O) groups excluding carboxylic acids is 1. The highest BCUT2D eigenvalue weighted by molar-refractivity contribution is 7.92. The van der Waals surface area contributed by atoms with E-state index in [4.69, 9.17) is 4.74 Å². The standard InChI is InChI=1S/C20H25FN2O4S/c1-5-19(15-9-11-18(27-3)12-10-15)22-20(24)14(2)23(28(4,25)26)17-8-6-7-16(21)13-17/h6-14,19H,5H2,1-4H3,(H,22,24)/t14-,19+/m0/s1. The minimum Gasteiger partial charge on any atom is -0.497 e. The van der Waals surface area contributed by atoms with E-state index in [2.05, 4.69) is 5.32 Å². The predicted molar refractivity (Wildman–Crippen MR) is 107 cm³/mol. The van der Waals surface area contributed by atoms with Crippen LogP contribution in [0.3, 0.4) is 0 Å². The third-order valence-corrected chi connectivity index (χ3v) is 5.64. The van der Waals surface area contributed by atoms with Gasteiger partial charge in [-0.3, -0.25) is 9.10 Å².